The molecular weight excluding hydrogens is 398 g/mol. The van der Waals surface area contributed by atoms with E-state index in [2.05, 4.69) is 10.2 Å². The van der Waals surface area contributed by atoms with Gasteiger partial charge < -0.3 is 5.32 Å². The summed E-state index contributed by atoms with van der Waals surface area (Å²) in [6.07, 6.45) is 3.02. The number of rotatable bonds is 4. The highest BCUT2D eigenvalue weighted by Crippen LogP contribution is 2.35. The van der Waals surface area contributed by atoms with Crippen molar-refractivity contribution in [3.8, 4) is 11.1 Å². The number of likely N-dealkylation sites (tertiary alicyclic amines) is 1. The minimum Gasteiger partial charge on any atom is -0.356 e. The molecule has 0 radical (unpaired) electrons. The Kier molecular flexibility index (Phi) is 5.91. The quantitative estimate of drug-likeness (QED) is 0.741. The molecule has 1 atom stereocenters. The normalized spacial score (nSPS) is 21.1. The van der Waals surface area contributed by atoms with Crippen LogP contribution < -0.4 is 5.32 Å². The lowest BCUT2D eigenvalue weighted by Gasteiger charge is -2.34. The van der Waals surface area contributed by atoms with Gasteiger partial charge in [-0.1, -0.05) is 35.3 Å². The van der Waals surface area contributed by atoms with Gasteiger partial charge in [0.25, 0.3) is 0 Å². The number of hydrogen-bond donors (Lipinski definition) is 1. The maximum Gasteiger partial charge on any atom is 0.223 e. The van der Waals surface area contributed by atoms with E-state index >= 15 is 0 Å². The summed E-state index contributed by atoms with van der Waals surface area (Å²) in [5.74, 6) is 0.617. The lowest BCUT2D eigenvalue weighted by atomic mass is 9.83. The smallest absolute Gasteiger partial charge is 0.223 e. The molecule has 4 rings (SSSR count). The number of hydrogen-bond acceptors (Lipinski definition) is 2. The number of carbonyl (C=O) groups excluding carboxylic acids is 1. The summed E-state index contributed by atoms with van der Waals surface area (Å²) in [5, 5.41) is 4.20. The van der Waals surface area contributed by atoms with Gasteiger partial charge in [0.2, 0.25) is 5.91 Å². The van der Waals surface area contributed by atoms with Crippen molar-refractivity contribution in [2.24, 2.45) is 11.8 Å². The van der Waals surface area contributed by atoms with E-state index in [9.17, 15) is 9.18 Å². The Bertz CT molecular complexity index is 840. The van der Waals surface area contributed by atoms with Crippen molar-refractivity contribution < 1.29 is 9.18 Å². The molecule has 0 bridgehead atoms. The van der Waals surface area contributed by atoms with Crippen molar-refractivity contribution in [1.82, 2.24) is 10.2 Å². The average Bonchev–Trinajstić information content (AvgIpc) is 3.11. The van der Waals surface area contributed by atoms with Crippen LogP contribution in [0.3, 0.4) is 0 Å². The molecule has 0 spiro atoms. The van der Waals surface area contributed by atoms with Gasteiger partial charge in [-0.3, -0.25) is 9.69 Å². The van der Waals surface area contributed by atoms with Gasteiger partial charge in [0.1, 0.15) is 5.82 Å². The summed E-state index contributed by atoms with van der Waals surface area (Å²) < 4.78 is 13.2. The number of carbonyl (C=O) groups is 1. The van der Waals surface area contributed by atoms with Gasteiger partial charge in [0.15, 0.2) is 0 Å². The standard InChI is InChI=1S/C22H23Cl2FN2O/c23-20-11-16(14-1-3-17(25)4-2-14)12-21(24)19(20)13-27-9-6-15(7-10-27)18-5-8-26-22(18)28/h1-4,11-12,15,18H,5-10,13H2,(H,26,28)/t18-/m1/s1. The molecule has 0 aliphatic carbocycles. The van der Waals surface area contributed by atoms with Crippen LogP contribution in [-0.2, 0) is 11.3 Å². The second-order valence-electron chi connectivity index (χ2n) is 7.73. The lowest BCUT2D eigenvalue weighted by molar-refractivity contribution is -0.124. The molecule has 0 saturated carbocycles. The Labute approximate surface area is 174 Å². The average molecular weight is 421 g/mol. The molecule has 0 aromatic heterocycles. The van der Waals surface area contributed by atoms with Crippen molar-refractivity contribution >= 4 is 29.1 Å². The molecule has 3 nitrogen and oxygen atoms in total. The second-order valence-corrected chi connectivity index (χ2v) is 8.54. The van der Waals surface area contributed by atoms with Crippen LogP contribution in [-0.4, -0.2) is 30.4 Å². The molecular formula is C22H23Cl2FN2O. The number of nitrogens with zero attached hydrogens (tertiary/aromatic N) is 1. The van der Waals surface area contributed by atoms with Crippen molar-refractivity contribution in [2.45, 2.75) is 25.8 Å². The molecule has 2 aromatic rings. The summed E-state index contributed by atoms with van der Waals surface area (Å²) >= 11 is 13.1. The minimum absolute atomic E-state index is 0.185. The van der Waals surface area contributed by atoms with E-state index in [0.717, 1.165) is 55.6 Å². The van der Waals surface area contributed by atoms with E-state index < -0.39 is 0 Å². The van der Waals surface area contributed by atoms with Crippen LogP contribution in [0.15, 0.2) is 36.4 Å². The summed E-state index contributed by atoms with van der Waals surface area (Å²) in [6, 6.07) is 10.1. The lowest BCUT2D eigenvalue weighted by Crippen LogP contribution is -2.37. The topological polar surface area (TPSA) is 32.3 Å². The number of nitrogens with one attached hydrogen (secondary N) is 1. The molecule has 28 heavy (non-hydrogen) atoms. The van der Waals surface area contributed by atoms with Crippen molar-refractivity contribution in [3.05, 3.63) is 57.8 Å². The summed E-state index contributed by atoms with van der Waals surface area (Å²) in [5.41, 5.74) is 2.68. The van der Waals surface area contributed by atoms with E-state index in [1.165, 1.54) is 12.1 Å². The molecule has 1 N–H and O–H groups in total. The summed E-state index contributed by atoms with van der Waals surface area (Å²) in [6.45, 7) is 3.40. The maximum absolute atomic E-state index is 13.2. The van der Waals surface area contributed by atoms with Crippen molar-refractivity contribution in [2.75, 3.05) is 19.6 Å². The van der Waals surface area contributed by atoms with Gasteiger partial charge >= 0.3 is 0 Å². The van der Waals surface area contributed by atoms with Crippen LogP contribution in [0.25, 0.3) is 11.1 Å². The third-order valence-electron chi connectivity index (χ3n) is 5.99. The Balaban J connectivity index is 1.42. The highest BCUT2D eigenvalue weighted by molar-refractivity contribution is 6.36. The molecule has 0 unspecified atom stereocenters. The first-order chi connectivity index (χ1) is 13.5. The van der Waals surface area contributed by atoms with Crippen molar-refractivity contribution in [1.29, 1.82) is 0 Å². The monoisotopic (exact) mass is 420 g/mol. The first-order valence-electron chi connectivity index (χ1n) is 9.75. The minimum atomic E-state index is -0.268. The number of piperidine rings is 1. The van der Waals surface area contributed by atoms with Crippen molar-refractivity contribution in [3.63, 3.8) is 0 Å². The molecule has 2 fully saturated rings. The maximum atomic E-state index is 13.2. The molecule has 2 aliphatic heterocycles. The first kappa shape index (κ1) is 19.7. The van der Waals surface area contributed by atoms with Crippen LogP contribution in [0.5, 0.6) is 0 Å². The second kappa shape index (κ2) is 8.40. The van der Waals surface area contributed by atoms with Gasteiger partial charge in [0.05, 0.1) is 0 Å². The van der Waals surface area contributed by atoms with Crippen LogP contribution in [0.2, 0.25) is 10.0 Å². The van der Waals surface area contributed by atoms with Crippen LogP contribution in [0, 0.1) is 17.7 Å². The Morgan fingerprint density at radius 3 is 2.21 bits per heavy atom. The first-order valence-corrected chi connectivity index (χ1v) is 10.5. The SMILES string of the molecule is O=C1NCC[C@@H]1C1CCN(Cc2c(Cl)cc(-c3ccc(F)cc3)cc2Cl)CC1. The third-order valence-corrected chi connectivity index (χ3v) is 6.67. The van der Waals surface area contributed by atoms with E-state index in [1.807, 2.05) is 12.1 Å². The van der Waals surface area contributed by atoms with E-state index in [1.54, 1.807) is 12.1 Å². The largest absolute Gasteiger partial charge is 0.356 e. The fourth-order valence-electron chi connectivity index (χ4n) is 4.36. The predicted molar refractivity (Wildman–Crippen MR) is 111 cm³/mol. The Hall–Kier alpha value is -1.62. The van der Waals surface area contributed by atoms with Gasteiger partial charge in [-0.25, -0.2) is 4.39 Å². The van der Waals surface area contributed by atoms with Gasteiger partial charge in [-0.05, 0) is 73.7 Å². The Morgan fingerprint density at radius 1 is 1.00 bits per heavy atom. The van der Waals surface area contributed by atoms with Gasteiger partial charge in [-0.15, -0.1) is 0 Å². The summed E-state index contributed by atoms with van der Waals surface area (Å²) in [4.78, 5) is 14.3. The molecule has 2 aromatic carbocycles. The summed E-state index contributed by atoms with van der Waals surface area (Å²) in [7, 11) is 0. The molecule has 2 heterocycles. The van der Waals surface area contributed by atoms with Crippen LogP contribution in [0.4, 0.5) is 4.39 Å². The van der Waals surface area contributed by atoms with E-state index in [-0.39, 0.29) is 17.6 Å². The number of benzene rings is 2. The highest BCUT2D eigenvalue weighted by atomic mass is 35.5. The molecule has 148 valence electrons. The predicted octanol–water partition coefficient (Wildman–Crippen LogP) is 5.15. The van der Waals surface area contributed by atoms with Crippen LogP contribution >= 0.6 is 23.2 Å². The van der Waals surface area contributed by atoms with Crippen LogP contribution in [0.1, 0.15) is 24.8 Å². The zero-order valence-electron chi connectivity index (χ0n) is 15.6. The number of amides is 1. The zero-order valence-corrected chi connectivity index (χ0v) is 17.1. The number of halogens is 3. The molecule has 2 aliphatic rings. The van der Waals surface area contributed by atoms with E-state index in [0.29, 0.717) is 22.5 Å². The van der Waals surface area contributed by atoms with Gasteiger partial charge in [0, 0.05) is 34.6 Å². The van der Waals surface area contributed by atoms with Gasteiger partial charge in [-0.2, -0.15) is 0 Å². The van der Waals surface area contributed by atoms with E-state index in [4.69, 9.17) is 23.2 Å². The zero-order chi connectivity index (χ0) is 19.7. The molecule has 1 amide bonds. The Morgan fingerprint density at radius 2 is 1.64 bits per heavy atom. The highest BCUT2D eigenvalue weighted by Gasteiger charge is 2.34. The molecule has 2 saturated heterocycles. The fraction of sp³-hybridized carbons (Fsp3) is 0.409. The fourth-order valence-corrected chi connectivity index (χ4v) is 4.97. The molecule has 6 heteroatoms. The third kappa shape index (κ3) is 4.19.